The number of fused-ring (bicyclic) bond motifs is 1. The van der Waals surface area contributed by atoms with Gasteiger partial charge in [-0.05, 0) is 31.2 Å². The average molecular weight is 528 g/mol. The second kappa shape index (κ2) is 9.62. The Balaban J connectivity index is 0.00000324. The number of halogens is 1. The molecule has 0 bridgehead atoms. The topological polar surface area (TPSA) is 159 Å². The lowest BCUT2D eigenvalue weighted by molar-refractivity contribution is -0.384. The van der Waals surface area contributed by atoms with Crippen LogP contribution in [0.15, 0.2) is 64.9 Å². The summed E-state index contributed by atoms with van der Waals surface area (Å²) in [7, 11) is -4.30. The number of benzene rings is 2. The van der Waals surface area contributed by atoms with E-state index in [1.165, 1.54) is 24.3 Å². The zero-order valence-corrected chi connectivity index (χ0v) is 19.9. The largest absolute Gasteiger partial charge is 0.422 e. The third-order valence-corrected chi connectivity index (χ3v) is 7.49. The van der Waals surface area contributed by atoms with E-state index in [4.69, 9.17) is 14.7 Å². The summed E-state index contributed by atoms with van der Waals surface area (Å²) in [5.41, 5.74) is 6.07. The molecule has 0 saturated carbocycles. The van der Waals surface area contributed by atoms with Crippen LogP contribution in [0.5, 0.6) is 5.75 Å². The van der Waals surface area contributed by atoms with Crippen molar-refractivity contribution >= 4 is 51.9 Å². The van der Waals surface area contributed by atoms with E-state index in [0.29, 0.717) is 0 Å². The molecule has 2 atom stereocenters. The monoisotopic (exact) mass is 527 g/mol. The van der Waals surface area contributed by atoms with Crippen LogP contribution < -0.4 is 10.5 Å². The maximum absolute atomic E-state index is 13.0. The summed E-state index contributed by atoms with van der Waals surface area (Å²) in [6.07, 6.45) is 0. The van der Waals surface area contributed by atoms with Crippen LogP contribution >= 0.6 is 24.2 Å². The maximum Gasteiger partial charge on any atom is 0.364 e. The first-order valence-corrected chi connectivity index (χ1v) is 12.0. The predicted molar refractivity (Wildman–Crippen MR) is 124 cm³/mol. The van der Waals surface area contributed by atoms with Crippen molar-refractivity contribution in [3.63, 3.8) is 0 Å². The first kappa shape index (κ1) is 25.5. The quantitative estimate of drug-likeness (QED) is 0.147. The molecule has 2 aromatic rings. The number of hydrogen-bond acceptors (Lipinski definition) is 10. The molecule has 1 unspecified atom stereocenters. The Kier molecular flexibility index (Phi) is 7.21. The lowest BCUT2D eigenvalue weighted by Crippen LogP contribution is -2.68. The number of rotatable bonds is 6. The molecule has 14 heteroatoms. The van der Waals surface area contributed by atoms with E-state index in [1.54, 1.807) is 19.1 Å². The van der Waals surface area contributed by atoms with Crippen molar-refractivity contribution in [2.45, 2.75) is 23.2 Å². The number of carbonyl (C=O) groups excluding carboxylic acids is 2. The molecular weight excluding hydrogens is 510 g/mol. The highest BCUT2D eigenvalue weighted by Gasteiger charge is 2.53. The molecule has 0 radical (unpaired) electrons. The van der Waals surface area contributed by atoms with Crippen LogP contribution in [0.2, 0.25) is 0 Å². The van der Waals surface area contributed by atoms with Crippen LogP contribution in [0, 0.1) is 17.0 Å². The first-order valence-electron chi connectivity index (χ1n) is 9.49. The summed E-state index contributed by atoms with van der Waals surface area (Å²) in [6, 6.07) is 9.76. The SMILES string of the molecule is Cc1ccc(S(=O)(=O)OC2=C(C(=O)Oc3ccc([N+](=O)[O-])cc3)N3C(=O)C(N)[C@@H]3SC2)cc1.Cl. The van der Waals surface area contributed by atoms with Crippen molar-refractivity contribution in [1.29, 1.82) is 0 Å². The fourth-order valence-corrected chi connectivity index (χ4v) is 5.46. The summed E-state index contributed by atoms with van der Waals surface area (Å²) in [6.45, 7) is 1.79. The van der Waals surface area contributed by atoms with E-state index < -0.39 is 38.3 Å². The second-order valence-electron chi connectivity index (χ2n) is 7.20. The summed E-state index contributed by atoms with van der Waals surface area (Å²) < 4.78 is 36.1. The Labute approximate surface area is 204 Å². The van der Waals surface area contributed by atoms with Crippen LogP contribution in [0.25, 0.3) is 0 Å². The Morgan fingerprint density at radius 3 is 2.38 bits per heavy atom. The minimum Gasteiger partial charge on any atom is -0.422 e. The van der Waals surface area contributed by atoms with Crippen molar-refractivity contribution < 1.29 is 31.9 Å². The Morgan fingerprint density at radius 1 is 1.18 bits per heavy atom. The number of β-lactam (4-membered cyclic amide) rings is 1. The zero-order chi connectivity index (χ0) is 23.9. The standard InChI is InChI=1S/C20H17N3O8S2.ClH/c1-11-2-8-14(9-3-11)33(28,29)31-15-10-32-19-16(21)18(24)22(19)17(15)20(25)30-13-6-4-12(5-7-13)23(26)27;/h2-9,16,19H,10,21H2,1H3;1H/t16?,19-;/m0./s1. The van der Waals surface area contributed by atoms with Gasteiger partial charge in [0.1, 0.15) is 22.1 Å². The van der Waals surface area contributed by atoms with Gasteiger partial charge in [0, 0.05) is 12.1 Å². The van der Waals surface area contributed by atoms with Crippen molar-refractivity contribution in [3.8, 4) is 5.75 Å². The molecule has 1 amide bonds. The molecule has 0 aliphatic carbocycles. The molecule has 34 heavy (non-hydrogen) atoms. The van der Waals surface area contributed by atoms with Gasteiger partial charge in [0.25, 0.3) is 5.69 Å². The minimum absolute atomic E-state index is 0. The molecule has 4 rings (SSSR count). The summed E-state index contributed by atoms with van der Waals surface area (Å²) in [5.74, 6) is -1.99. The van der Waals surface area contributed by atoms with Gasteiger partial charge in [-0.25, -0.2) is 4.79 Å². The fourth-order valence-electron chi connectivity index (χ4n) is 3.22. The Bertz CT molecular complexity index is 1280. The zero-order valence-electron chi connectivity index (χ0n) is 17.4. The van der Waals surface area contributed by atoms with E-state index >= 15 is 0 Å². The number of thioether (sulfide) groups is 1. The highest BCUT2D eigenvalue weighted by atomic mass is 35.5. The Hall–Kier alpha value is -3.13. The normalized spacial score (nSPS) is 19.5. The molecule has 2 aliphatic heterocycles. The van der Waals surface area contributed by atoms with Gasteiger partial charge >= 0.3 is 16.1 Å². The van der Waals surface area contributed by atoms with Gasteiger partial charge < -0.3 is 14.7 Å². The molecule has 2 heterocycles. The molecular formula is C20H18ClN3O8S2. The predicted octanol–water partition coefficient (Wildman–Crippen LogP) is 2.09. The van der Waals surface area contributed by atoms with Gasteiger partial charge in [0.2, 0.25) is 5.91 Å². The number of esters is 1. The van der Waals surface area contributed by atoms with Crippen molar-refractivity contribution in [2.24, 2.45) is 5.73 Å². The summed E-state index contributed by atoms with van der Waals surface area (Å²) in [4.78, 5) is 36.5. The summed E-state index contributed by atoms with van der Waals surface area (Å²) in [5, 5.41) is 10.2. The molecule has 11 nitrogen and oxygen atoms in total. The van der Waals surface area contributed by atoms with Crippen molar-refractivity contribution in [1.82, 2.24) is 4.90 Å². The molecule has 1 fully saturated rings. The van der Waals surface area contributed by atoms with Gasteiger partial charge in [-0.1, -0.05) is 17.7 Å². The number of nitro groups is 1. The maximum atomic E-state index is 13.0. The molecule has 2 aromatic carbocycles. The lowest BCUT2D eigenvalue weighted by atomic mass is 10.1. The van der Waals surface area contributed by atoms with E-state index in [9.17, 15) is 28.1 Å². The van der Waals surface area contributed by atoms with Crippen LogP contribution in [-0.4, -0.2) is 47.3 Å². The van der Waals surface area contributed by atoms with Gasteiger partial charge in [-0.3, -0.25) is 19.8 Å². The number of non-ortho nitro benzene ring substituents is 1. The molecule has 2 N–H and O–H groups in total. The van der Waals surface area contributed by atoms with Crippen LogP contribution in [0.3, 0.4) is 0 Å². The average Bonchev–Trinajstić information content (AvgIpc) is 2.78. The molecule has 2 aliphatic rings. The number of nitrogens with two attached hydrogens (primary N) is 1. The third kappa shape index (κ3) is 4.73. The van der Waals surface area contributed by atoms with Gasteiger partial charge in [-0.15, -0.1) is 24.2 Å². The van der Waals surface area contributed by atoms with Crippen molar-refractivity contribution in [2.75, 3.05) is 5.75 Å². The van der Waals surface area contributed by atoms with Crippen LogP contribution in [0.1, 0.15) is 5.56 Å². The van der Waals surface area contributed by atoms with E-state index in [1.807, 2.05) is 0 Å². The highest BCUT2D eigenvalue weighted by molar-refractivity contribution is 8.00. The second-order valence-corrected chi connectivity index (χ2v) is 9.85. The number of amides is 1. The van der Waals surface area contributed by atoms with Gasteiger partial charge in [0.15, 0.2) is 11.5 Å². The van der Waals surface area contributed by atoms with Crippen LogP contribution in [-0.2, 0) is 23.9 Å². The summed E-state index contributed by atoms with van der Waals surface area (Å²) >= 11 is 1.15. The van der Waals surface area contributed by atoms with E-state index in [-0.39, 0.29) is 45.9 Å². The molecule has 0 spiro atoms. The van der Waals surface area contributed by atoms with Crippen LogP contribution in [0.4, 0.5) is 5.69 Å². The molecule has 180 valence electrons. The lowest BCUT2D eigenvalue weighted by Gasteiger charge is -2.47. The van der Waals surface area contributed by atoms with E-state index in [2.05, 4.69) is 0 Å². The highest BCUT2D eigenvalue weighted by Crippen LogP contribution is 2.41. The van der Waals surface area contributed by atoms with Gasteiger partial charge in [0.05, 0.1) is 10.7 Å². The fraction of sp³-hybridized carbons (Fsp3) is 0.200. The third-order valence-electron chi connectivity index (χ3n) is 4.95. The number of nitrogens with zero attached hydrogens (tertiary/aromatic N) is 2. The Morgan fingerprint density at radius 2 is 1.79 bits per heavy atom. The molecule has 1 saturated heterocycles. The number of hydrogen-bond donors (Lipinski definition) is 1. The number of carbonyl (C=O) groups is 2. The van der Waals surface area contributed by atoms with Crippen molar-refractivity contribution in [3.05, 3.63) is 75.7 Å². The smallest absolute Gasteiger partial charge is 0.364 e. The number of aryl methyl sites for hydroxylation is 1. The molecule has 0 aromatic heterocycles. The van der Waals surface area contributed by atoms with Gasteiger partial charge in [-0.2, -0.15) is 8.42 Å². The van der Waals surface area contributed by atoms with E-state index in [0.717, 1.165) is 34.4 Å². The minimum atomic E-state index is -4.30. The first-order chi connectivity index (χ1) is 15.6. The number of ether oxygens (including phenoxy) is 1. The number of nitro benzene ring substituents is 1.